The van der Waals surface area contributed by atoms with E-state index in [0.29, 0.717) is 11.1 Å². The van der Waals surface area contributed by atoms with Crippen molar-refractivity contribution in [2.45, 2.75) is 5.51 Å². The minimum atomic E-state index is -5.87. The lowest BCUT2D eigenvalue weighted by atomic mass is 10.1. The largest absolute Gasteiger partial charge is 0.534 e. The summed E-state index contributed by atoms with van der Waals surface area (Å²) in [4.78, 5) is 0. The van der Waals surface area contributed by atoms with Crippen LogP contribution in [0.15, 0.2) is 24.3 Å². The quantitative estimate of drug-likeness (QED) is 0.590. The summed E-state index contributed by atoms with van der Waals surface area (Å²) in [7, 11) is -4.50. The van der Waals surface area contributed by atoms with E-state index in [4.69, 9.17) is 27.9 Å². The zero-order valence-corrected chi connectivity index (χ0v) is 13.1. The topological polar surface area (TPSA) is 52.6 Å². The summed E-state index contributed by atoms with van der Waals surface area (Å²) in [5, 5.41) is -0.152. The number of alkyl halides is 3. The van der Waals surface area contributed by atoms with Crippen molar-refractivity contribution in [3.8, 4) is 11.5 Å². The molecule has 0 saturated heterocycles. The van der Waals surface area contributed by atoms with E-state index in [1.807, 2.05) is 0 Å². The second-order valence-electron chi connectivity index (χ2n) is 4.07. The molecule has 120 valence electrons. The lowest BCUT2D eigenvalue weighted by Crippen LogP contribution is -2.28. The van der Waals surface area contributed by atoms with Gasteiger partial charge in [0.2, 0.25) is 0 Å². The van der Waals surface area contributed by atoms with Crippen LogP contribution in [0, 0.1) is 0 Å². The zero-order chi connectivity index (χ0) is 16.7. The molecule has 0 aliphatic heterocycles. The molecule has 2 rings (SSSR count). The highest BCUT2D eigenvalue weighted by atomic mass is 35.5. The highest BCUT2D eigenvalue weighted by Gasteiger charge is 2.49. The Bertz CT molecular complexity index is 834. The van der Waals surface area contributed by atoms with Gasteiger partial charge in [-0.25, -0.2) is 0 Å². The van der Waals surface area contributed by atoms with Crippen LogP contribution in [0.4, 0.5) is 13.2 Å². The standard InChI is InChI=1S/C12H7Cl2F3O4S/c1-20-7-4-6-2-3-8(13)11(10(6)9(14)5-7)21-22(18,19)12(15,16)17/h2-5H,1H3. The number of halogens is 5. The Hall–Kier alpha value is -1.38. The van der Waals surface area contributed by atoms with Gasteiger partial charge in [0.15, 0.2) is 5.75 Å². The number of hydrogen-bond donors (Lipinski definition) is 0. The van der Waals surface area contributed by atoms with Gasteiger partial charge in [0, 0.05) is 5.39 Å². The normalized spacial score (nSPS) is 12.5. The second-order valence-corrected chi connectivity index (χ2v) is 6.42. The summed E-state index contributed by atoms with van der Waals surface area (Å²) in [6, 6.07) is 5.39. The lowest BCUT2D eigenvalue weighted by Gasteiger charge is -2.14. The van der Waals surface area contributed by atoms with E-state index in [2.05, 4.69) is 4.18 Å². The van der Waals surface area contributed by atoms with Gasteiger partial charge in [0.1, 0.15) is 5.75 Å². The Morgan fingerprint density at radius 3 is 2.27 bits per heavy atom. The lowest BCUT2D eigenvalue weighted by molar-refractivity contribution is -0.0499. The van der Waals surface area contributed by atoms with Gasteiger partial charge in [-0.15, -0.1) is 0 Å². The molecule has 0 N–H and O–H groups in total. The van der Waals surface area contributed by atoms with E-state index in [1.165, 1.54) is 31.4 Å². The van der Waals surface area contributed by atoms with Gasteiger partial charge in [-0.2, -0.15) is 21.6 Å². The third-order valence-electron chi connectivity index (χ3n) is 2.66. The number of methoxy groups -OCH3 is 1. The molecule has 0 bridgehead atoms. The molecule has 0 heterocycles. The first kappa shape index (κ1) is 17.0. The first-order valence-electron chi connectivity index (χ1n) is 5.53. The third kappa shape index (κ3) is 3.04. The molecule has 0 aliphatic carbocycles. The number of ether oxygens (including phenoxy) is 1. The monoisotopic (exact) mass is 374 g/mol. The van der Waals surface area contributed by atoms with Gasteiger partial charge in [-0.05, 0) is 23.6 Å². The van der Waals surface area contributed by atoms with Crippen molar-refractivity contribution in [3.05, 3.63) is 34.3 Å². The maximum atomic E-state index is 12.5. The number of rotatable bonds is 3. The van der Waals surface area contributed by atoms with Gasteiger partial charge >= 0.3 is 15.6 Å². The fourth-order valence-corrected chi connectivity index (χ4v) is 2.72. The van der Waals surface area contributed by atoms with Crippen LogP contribution in [-0.4, -0.2) is 21.0 Å². The van der Waals surface area contributed by atoms with Crippen molar-refractivity contribution in [1.29, 1.82) is 0 Å². The Morgan fingerprint density at radius 1 is 1.09 bits per heavy atom. The molecule has 2 aromatic carbocycles. The van der Waals surface area contributed by atoms with Crippen molar-refractivity contribution in [1.82, 2.24) is 0 Å². The van der Waals surface area contributed by atoms with E-state index in [1.54, 1.807) is 0 Å². The van der Waals surface area contributed by atoms with E-state index in [-0.39, 0.29) is 15.4 Å². The molecule has 22 heavy (non-hydrogen) atoms. The van der Waals surface area contributed by atoms with Crippen molar-refractivity contribution in [2.24, 2.45) is 0 Å². The van der Waals surface area contributed by atoms with Gasteiger partial charge in [0.25, 0.3) is 0 Å². The molecule has 4 nitrogen and oxygen atoms in total. The average molecular weight is 375 g/mol. The fraction of sp³-hybridized carbons (Fsp3) is 0.167. The molecule has 10 heteroatoms. The maximum absolute atomic E-state index is 12.5. The maximum Gasteiger partial charge on any atom is 0.534 e. The van der Waals surface area contributed by atoms with Gasteiger partial charge in [0.05, 0.1) is 17.2 Å². The molecule has 2 aromatic rings. The van der Waals surface area contributed by atoms with Crippen LogP contribution in [0.1, 0.15) is 0 Å². The molecule has 0 aromatic heterocycles. The van der Waals surface area contributed by atoms with E-state index in [0.717, 1.165) is 0 Å². The first-order chi connectivity index (χ1) is 10.1. The SMILES string of the molecule is COc1cc(Cl)c2c(OS(=O)(=O)C(F)(F)F)c(Cl)ccc2c1. The predicted molar refractivity (Wildman–Crippen MR) is 76.1 cm³/mol. The van der Waals surface area contributed by atoms with Gasteiger partial charge in [-0.3, -0.25) is 0 Å². The molecule has 0 amide bonds. The molecular weight excluding hydrogens is 368 g/mol. The molecule has 0 radical (unpaired) electrons. The Labute approximate surface area is 133 Å². The summed E-state index contributed by atoms with van der Waals surface area (Å²) in [5.74, 6) is -0.353. The van der Waals surface area contributed by atoms with Gasteiger partial charge < -0.3 is 8.92 Å². The minimum absolute atomic E-state index is 0.0655. The van der Waals surface area contributed by atoms with Crippen molar-refractivity contribution >= 4 is 44.1 Å². The predicted octanol–water partition coefficient (Wildman–Crippen LogP) is 4.38. The van der Waals surface area contributed by atoms with E-state index in [9.17, 15) is 21.6 Å². The minimum Gasteiger partial charge on any atom is -0.497 e. The smallest absolute Gasteiger partial charge is 0.497 e. The number of benzene rings is 2. The Kier molecular flexibility index (Phi) is 4.38. The molecule has 0 aliphatic rings. The molecular formula is C12H7Cl2F3O4S. The van der Waals surface area contributed by atoms with Crippen LogP contribution in [0.5, 0.6) is 11.5 Å². The van der Waals surface area contributed by atoms with Crippen LogP contribution >= 0.6 is 23.2 Å². The Balaban J connectivity index is 2.71. The second kappa shape index (κ2) is 5.68. The molecule has 0 saturated carbocycles. The number of fused-ring (bicyclic) bond motifs is 1. The fourth-order valence-electron chi connectivity index (χ4n) is 1.69. The molecule has 0 spiro atoms. The third-order valence-corrected chi connectivity index (χ3v) is 4.21. The van der Waals surface area contributed by atoms with Crippen LogP contribution < -0.4 is 8.92 Å². The number of hydrogen-bond acceptors (Lipinski definition) is 4. The molecule has 0 unspecified atom stereocenters. The summed E-state index contributed by atoms with van der Waals surface area (Å²) in [6.07, 6.45) is 0. The highest BCUT2D eigenvalue weighted by Crippen LogP contribution is 2.42. The molecule has 0 fully saturated rings. The van der Waals surface area contributed by atoms with Crippen molar-refractivity contribution in [3.63, 3.8) is 0 Å². The zero-order valence-electron chi connectivity index (χ0n) is 10.7. The Morgan fingerprint density at radius 2 is 1.73 bits per heavy atom. The van der Waals surface area contributed by atoms with Gasteiger partial charge in [-0.1, -0.05) is 29.3 Å². The van der Waals surface area contributed by atoms with Crippen LogP contribution in [0.3, 0.4) is 0 Å². The van der Waals surface area contributed by atoms with Crippen LogP contribution in [0.25, 0.3) is 10.8 Å². The average Bonchev–Trinajstić information content (AvgIpc) is 2.40. The van der Waals surface area contributed by atoms with Crippen LogP contribution in [-0.2, 0) is 10.1 Å². The summed E-state index contributed by atoms with van der Waals surface area (Å²) < 4.78 is 68.9. The summed E-state index contributed by atoms with van der Waals surface area (Å²) in [5.41, 5.74) is -5.59. The summed E-state index contributed by atoms with van der Waals surface area (Å²) in [6.45, 7) is 0. The van der Waals surface area contributed by atoms with Crippen molar-refractivity contribution < 1.29 is 30.5 Å². The van der Waals surface area contributed by atoms with E-state index < -0.39 is 21.4 Å². The molecule has 0 atom stereocenters. The summed E-state index contributed by atoms with van der Waals surface area (Å²) >= 11 is 11.7. The van der Waals surface area contributed by atoms with E-state index >= 15 is 0 Å². The highest BCUT2D eigenvalue weighted by molar-refractivity contribution is 7.88. The van der Waals surface area contributed by atoms with Crippen LogP contribution in [0.2, 0.25) is 10.0 Å². The first-order valence-corrected chi connectivity index (χ1v) is 7.70. The van der Waals surface area contributed by atoms with Crippen molar-refractivity contribution in [2.75, 3.05) is 7.11 Å².